The maximum atomic E-state index is 12.3. The van der Waals surface area contributed by atoms with Crippen molar-refractivity contribution in [1.29, 1.82) is 0 Å². The predicted molar refractivity (Wildman–Crippen MR) is 44.9 cm³/mol. The standard InChI is InChI=1S/C8H8ClF2NO/c1-4-2-5(8(10)11)6(3-13)12-7(4)9/h2,8,13H,3H2,1H3. The van der Waals surface area contributed by atoms with Crippen LogP contribution < -0.4 is 0 Å². The smallest absolute Gasteiger partial charge is 0.265 e. The molecule has 72 valence electrons. The number of nitrogens with zero attached hydrogens (tertiary/aromatic N) is 1. The van der Waals surface area contributed by atoms with Gasteiger partial charge in [-0.15, -0.1) is 0 Å². The van der Waals surface area contributed by atoms with Gasteiger partial charge in [0, 0.05) is 5.56 Å². The van der Waals surface area contributed by atoms with Crippen LogP contribution in [0.1, 0.15) is 23.2 Å². The number of aliphatic hydroxyl groups excluding tert-OH is 1. The summed E-state index contributed by atoms with van der Waals surface area (Å²) in [7, 11) is 0. The highest BCUT2D eigenvalue weighted by molar-refractivity contribution is 6.30. The summed E-state index contributed by atoms with van der Waals surface area (Å²) in [6, 6.07) is 1.24. The lowest BCUT2D eigenvalue weighted by atomic mass is 10.1. The van der Waals surface area contributed by atoms with E-state index in [-0.39, 0.29) is 16.4 Å². The van der Waals surface area contributed by atoms with Crippen molar-refractivity contribution in [2.45, 2.75) is 20.0 Å². The highest BCUT2D eigenvalue weighted by atomic mass is 35.5. The summed E-state index contributed by atoms with van der Waals surface area (Å²) in [6.45, 7) is 1.06. The molecule has 0 fully saturated rings. The SMILES string of the molecule is Cc1cc(C(F)F)c(CO)nc1Cl. The largest absolute Gasteiger partial charge is 0.390 e. The first-order valence-electron chi connectivity index (χ1n) is 3.61. The Bertz CT molecular complexity index is 317. The topological polar surface area (TPSA) is 33.1 Å². The minimum Gasteiger partial charge on any atom is -0.390 e. The van der Waals surface area contributed by atoms with Gasteiger partial charge in [-0.05, 0) is 18.6 Å². The normalized spacial score (nSPS) is 10.9. The average Bonchev–Trinajstić information content (AvgIpc) is 2.08. The lowest BCUT2D eigenvalue weighted by Gasteiger charge is -2.07. The summed E-state index contributed by atoms with van der Waals surface area (Å²) in [6.07, 6.45) is -2.63. The molecule has 1 heterocycles. The Morgan fingerprint density at radius 2 is 2.23 bits per heavy atom. The van der Waals surface area contributed by atoms with Crippen LogP contribution in [-0.2, 0) is 6.61 Å². The van der Waals surface area contributed by atoms with Crippen molar-refractivity contribution >= 4 is 11.6 Å². The van der Waals surface area contributed by atoms with E-state index in [0.717, 1.165) is 0 Å². The fourth-order valence-corrected chi connectivity index (χ4v) is 1.12. The van der Waals surface area contributed by atoms with E-state index >= 15 is 0 Å². The Kier molecular flexibility index (Phi) is 3.17. The van der Waals surface area contributed by atoms with Gasteiger partial charge < -0.3 is 5.11 Å². The molecule has 1 rings (SSSR count). The van der Waals surface area contributed by atoms with E-state index < -0.39 is 13.0 Å². The van der Waals surface area contributed by atoms with Gasteiger partial charge in [-0.3, -0.25) is 0 Å². The minimum atomic E-state index is -2.63. The molecule has 5 heteroatoms. The van der Waals surface area contributed by atoms with Crippen molar-refractivity contribution in [2.24, 2.45) is 0 Å². The molecule has 0 amide bonds. The van der Waals surface area contributed by atoms with Gasteiger partial charge in [0.05, 0.1) is 12.3 Å². The van der Waals surface area contributed by atoms with Gasteiger partial charge >= 0.3 is 0 Å². The lowest BCUT2D eigenvalue weighted by Crippen LogP contribution is -2.00. The van der Waals surface area contributed by atoms with Gasteiger partial charge in [0.25, 0.3) is 6.43 Å². The molecule has 0 aliphatic rings. The zero-order valence-corrected chi connectivity index (χ0v) is 7.65. The third-order valence-corrected chi connectivity index (χ3v) is 2.03. The number of aromatic nitrogens is 1. The molecule has 1 N–H and O–H groups in total. The molecule has 0 unspecified atom stereocenters. The van der Waals surface area contributed by atoms with Crippen molar-refractivity contribution in [1.82, 2.24) is 4.98 Å². The summed E-state index contributed by atoms with van der Waals surface area (Å²) in [5.74, 6) is 0. The van der Waals surface area contributed by atoms with Crippen LogP contribution in [-0.4, -0.2) is 10.1 Å². The molecule has 2 nitrogen and oxygen atoms in total. The zero-order chi connectivity index (χ0) is 10.0. The van der Waals surface area contributed by atoms with E-state index in [2.05, 4.69) is 4.98 Å². The lowest BCUT2D eigenvalue weighted by molar-refractivity contribution is 0.146. The Morgan fingerprint density at radius 1 is 1.62 bits per heavy atom. The van der Waals surface area contributed by atoms with Crippen LogP contribution in [0.4, 0.5) is 8.78 Å². The number of hydrogen-bond donors (Lipinski definition) is 1. The van der Waals surface area contributed by atoms with E-state index in [1.54, 1.807) is 6.92 Å². The Morgan fingerprint density at radius 3 is 2.69 bits per heavy atom. The molecule has 0 spiro atoms. The zero-order valence-electron chi connectivity index (χ0n) is 6.89. The van der Waals surface area contributed by atoms with E-state index in [4.69, 9.17) is 16.7 Å². The molecule has 0 aromatic carbocycles. The van der Waals surface area contributed by atoms with Crippen molar-refractivity contribution in [3.63, 3.8) is 0 Å². The van der Waals surface area contributed by atoms with Crippen LogP contribution >= 0.6 is 11.6 Å². The molecule has 0 radical (unpaired) electrons. The summed E-state index contributed by atoms with van der Waals surface area (Å²) in [4.78, 5) is 3.65. The average molecular weight is 208 g/mol. The minimum absolute atomic E-state index is 0.0643. The summed E-state index contributed by atoms with van der Waals surface area (Å²) in [5.41, 5.74) is 0.157. The van der Waals surface area contributed by atoms with Crippen LogP contribution in [0, 0.1) is 6.92 Å². The molecule has 1 aromatic rings. The first kappa shape index (κ1) is 10.3. The predicted octanol–water partition coefficient (Wildman–Crippen LogP) is 2.47. The fraction of sp³-hybridized carbons (Fsp3) is 0.375. The third kappa shape index (κ3) is 2.14. The molecule has 0 bridgehead atoms. The molecule has 0 saturated heterocycles. The van der Waals surface area contributed by atoms with Crippen LogP contribution in [0.15, 0.2) is 6.07 Å². The van der Waals surface area contributed by atoms with Crippen molar-refractivity contribution in [2.75, 3.05) is 0 Å². The molecular weight excluding hydrogens is 200 g/mol. The van der Waals surface area contributed by atoms with Crippen LogP contribution in [0.2, 0.25) is 5.15 Å². The molecule has 0 aliphatic carbocycles. The molecule has 1 aromatic heterocycles. The van der Waals surface area contributed by atoms with Crippen LogP contribution in [0.25, 0.3) is 0 Å². The van der Waals surface area contributed by atoms with E-state index in [1.165, 1.54) is 6.07 Å². The maximum absolute atomic E-state index is 12.3. The van der Waals surface area contributed by atoms with Gasteiger partial charge in [0.2, 0.25) is 0 Å². The van der Waals surface area contributed by atoms with Gasteiger partial charge in [-0.25, -0.2) is 13.8 Å². The van der Waals surface area contributed by atoms with E-state index in [1.807, 2.05) is 0 Å². The summed E-state index contributed by atoms with van der Waals surface area (Å²) >= 11 is 5.60. The number of pyridine rings is 1. The number of halogens is 3. The van der Waals surface area contributed by atoms with Crippen molar-refractivity contribution < 1.29 is 13.9 Å². The Labute approximate surface area is 79.2 Å². The fourth-order valence-electron chi connectivity index (χ4n) is 0.963. The first-order valence-corrected chi connectivity index (χ1v) is 3.99. The Balaban J connectivity index is 3.25. The molecule has 0 aliphatic heterocycles. The van der Waals surface area contributed by atoms with Gasteiger partial charge in [-0.1, -0.05) is 11.6 Å². The van der Waals surface area contributed by atoms with Crippen molar-refractivity contribution in [3.05, 3.63) is 28.0 Å². The molecular formula is C8H8ClF2NO. The maximum Gasteiger partial charge on any atom is 0.265 e. The number of alkyl halides is 2. The van der Waals surface area contributed by atoms with Crippen LogP contribution in [0.5, 0.6) is 0 Å². The Hall–Kier alpha value is -0.740. The third-order valence-electron chi connectivity index (χ3n) is 1.65. The monoisotopic (exact) mass is 207 g/mol. The second-order valence-corrected chi connectivity index (χ2v) is 2.95. The summed E-state index contributed by atoms with van der Waals surface area (Å²) < 4.78 is 24.7. The second kappa shape index (κ2) is 3.98. The number of hydrogen-bond acceptors (Lipinski definition) is 2. The first-order chi connectivity index (χ1) is 6.06. The van der Waals surface area contributed by atoms with E-state index in [9.17, 15) is 8.78 Å². The quantitative estimate of drug-likeness (QED) is 0.756. The van der Waals surface area contributed by atoms with Gasteiger partial charge in [-0.2, -0.15) is 0 Å². The van der Waals surface area contributed by atoms with Crippen molar-refractivity contribution in [3.8, 4) is 0 Å². The molecule has 13 heavy (non-hydrogen) atoms. The summed E-state index contributed by atoms with van der Waals surface area (Å²) in [5, 5.41) is 8.87. The van der Waals surface area contributed by atoms with Gasteiger partial charge in [0.15, 0.2) is 0 Å². The second-order valence-electron chi connectivity index (χ2n) is 2.59. The number of aryl methyl sites for hydroxylation is 1. The van der Waals surface area contributed by atoms with Crippen LogP contribution in [0.3, 0.4) is 0 Å². The van der Waals surface area contributed by atoms with Gasteiger partial charge in [0.1, 0.15) is 5.15 Å². The number of aliphatic hydroxyl groups is 1. The highest BCUT2D eigenvalue weighted by Gasteiger charge is 2.15. The molecule has 0 atom stereocenters. The molecule has 0 saturated carbocycles. The highest BCUT2D eigenvalue weighted by Crippen LogP contribution is 2.25. The van der Waals surface area contributed by atoms with E-state index in [0.29, 0.717) is 5.56 Å². The number of rotatable bonds is 2.